The minimum absolute atomic E-state index is 0. The minimum atomic E-state index is -1.85. The first-order chi connectivity index (χ1) is 8.83. The van der Waals surface area contributed by atoms with Gasteiger partial charge in [-0.05, 0) is 0 Å². The van der Waals surface area contributed by atoms with Crippen LogP contribution in [0.1, 0.15) is 52.4 Å². The van der Waals surface area contributed by atoms with Crippen molar-refractivity contribution in [1.29, 1.82) is 0 Å². The average molecular weight is 318 g/mol. The first-order valence-electron chi connectivity index (χ1n) is 6.32. The van der Waals surface area contributed by atoms with Gasteiger partial charge in [0.2, 0.25) is 0 Å². The molecule has 8 heteroatoms. The van der Waals surface area contributed by atoms with E-state index in [0.717, 1.165) is 25.7 Å². The molecule has 0 aliphatic heterocycles. The second-order valence-corrected chi connectivity index (χ2v) is 5.12. The molecular formula is C12H23NaO6S. The molecule has 0 aliphatic rings. The molecule has 1 unspecified atom stereocenters. The largest absolute Gasteiger partial charge is 1.00 e. The van der Waals surface area contributed by atoms with E-state index in [-0.39, 0.29) is 42.4 Å². The Labute approximate surface area is 144 Å². The predicted molar refractivity (Wildman–Crippen MR) is 71.4 cm³/mol. The molecule has 0 amide bonds. The Morgan fingerprint density at radius 2 is 1.50 bits per heavy atom. The summed E-state index contributed by atoms with van der Waals surface area (Å²) in [5.74, 6) is -1.43. The van der Waals surface area contributed by atoms with E-state index in [0.29, 0.717) is 11.7 Å². The molecule has 0 spiro atoms. The van der Waals surface area contributed by atoms with E-state index < -0.39 is 22.6 Å². The van der Waals surface area contributed by atoms with Gasteiger partial charge in [-0.3, -0.25) is 9.59 Å². The Hall–Kier alpha value is -0.110. The minimum Gasteiger partial charge on any atom is -0.481 e. The Morgan fingerprint density at radius 1 is 1.05 bits per heavy atom. The molecule has 0 aromatic heterocycles. The molecule has 2 N–H and O–H groups in total. The summed E-state index contributed by atoms with van der Waals surface area (Å²) in [6.07, 6.45) is 3.75. The molecule has 0 heterocycles. The smallest absolute Gasteiger partial charge is 0.481 e. The topological polar surface area (TPSA) is 109 Å². The molecule has 0 rings (SSSR count). The van der Waals surface area contributed by atoms with E-state index in [9.17, 15) is 18.0 Å². The van der Waals surface area contributed by atoms with Crippen LogP contribution in [0.2, 0.25) is 0 Å². The Morgan fingerprint density at radius 3 is 1.75 bits per heavy atom. The third-order valence-electron chi connectivity index (χ3n) is 2.47. The van der Waals surface area contributed by atoms with Crippen LogP contribution in [0.15, 0.2) is 0 Å². The molecule has 6 nitrogen and oxygen atoms in total. The number of carboxylic acid groups (broad SMARTS) is 2. The van der Waals surface area contributed by atoms with Crippen molar-refractivity contribution in [3.8, 4) is 0 Å². The van der Waals surface area contributed by atoms with Gasteiger partial charge in [0.1, 0.15) is 0 Å². The maximum atomic E-state index is 10.3. The summed E-state index contributed by atoms with van der Waals surface area (Å²) in [6.45, 7) is 4.17. The summed E-state index contributed by atoms with van der Waals surface area (Å²) in [4.78, 5) is 19.3. The normalized spacial score (nSPS) is 10.9. The molecular weight excluding hydrogens is 295 g/mol. The first-order valence-corrected chi connectivity index (χ1v) is 7.57. The average Bonchev–Trinajstić information content (AvgIpc) is 2.32. The molecule has 0 saturated carbocycles. The summed E-state index contributed by atoms with van der Waals surface area (Å²) in [5.41, 5.74) is 0. The van der Waals surface area contributed by atoms with Gasteiger partial charge in [0, 0.05) is 0 Å². The second kappa shape index (κ2) is 16.9. The summed E-state index contributed by atoms with van der Waals surface area (Å²) in [6, 6.07) is 0. The van der Waals surface area contributed by atoms with Crippen molar-refractivity contribution in [3.05, 3.63) is 0 Å². The predicted octanol–water partition coefficient (Wildman–Crippen LogP) is -0.548. The molecule has 1 atom stereocenters. The quantitative estimate of drug-likeness (QED) is 0.436. The fourth-order valence-electron chi connectivity index (χ4n) is 1.30. The Balaban J connectivity index is -0.000000288. The van der Waals surface area contributed by atoms with Gasteiger partial charge in [-0.2, -0.15) is 0 Å². The zero-order valence-electron chi connectivity index (χ0n) is 12.5. The monoisotopic (exact) mass is 318 g/mol. The van der Waals surface area contributed by atoms with E-state index >= 15 is 0 Å². The maximum Gasteiger partial charge on any atom is 1.00 e. The molecule has 0 aromatic rings. The Kier molecular flexibility index (Phi) is 21.1. The van der Waals surface area contributed by atoms with Crippen LogP contribution in [0.3, 0.4) is 0 Å². The number of aliphatic carboxylic acids is 2. The first kappa shape index (κ1) is 24.9. The van der Waals surface area contributed by atoms with Crippen molar-refractivity contribution >= 4 is 22.6 Å². The van der Waals surface area contributed by atoms with Crippen molar-refractivity contribution < 1.29 is 57.8 Å². The van der Waals surface area contributed by atoms with Crippen molar-refractivity contribution in [2.75, 3.05) is 5.75 Å². The van der Waals surface area contributed by atoms with Crippen LogP contribution in [0, 0.1) is 5.92 Å². The standard InChI is InChI=1S/C8H17O2S.C4H6O4.Na/c1-3-5-6-8(4-2)7-11(9)10;5-3(6)1-2-4(7)8;/h8H,3-7H2,1-2H3;1-2H2,(H,5,6)(H,7,8);/q-1;;+1. The molecule has 114 valence electrons. The van der Waals surface area contributed by atoms with Crippen molar-refractivity contribution in [2.45, 2.75) is 52.4 Å². The van der Waals surface area contributed by atoms with E-state index in [1.807, 2.05) is 6.92 Å². The number of carboxylic acids is 2. The zero-order chi connectivity index (χ0) is 15.3. The van der Waals surface area contributed by atoms with Gasteiger partial charge in [0.25, 0.3) is 0 Å². The number of rotatable bonds is 9. The molecule has 0 saturated heterocycles. The number of carbonyl (C=O) groups is 2. The van der Waals surface area contributed by atoms with E-state index in [2.05, 4.69) is 6.92 Å². The fraction of sp³-hybridized carbons (Fsp3) is 0.833. The number of unbranched alkanes of at least 4 members (excludes halogenated alkanes) is 1. The van der Waals surface area contributed by atoms with Gasteiger partial charge in [-0.1, -0.05) is 61.9 Å². The number of hydrogen-bond acceptors (Lipinski definition) is 5. The SMILES string of the molecule is CCCCC(CC)C[S-](=O)=O.O=C(O)CCC(=O)O.[Na+]. The molecule has 0 bridgehead atoms. The fourth-order valence-corrected chi connectivity index (χ4v) is 2.09. The van der Waals surface area contributed by atoms with Gasteiger partial charge in [-0.15, -0.1) is 0 Å². The van der Waals surface area contributed by atoms with Gasteiger partial charge < -0.3 is 18.6 Å². The maximum absolute atomic E-state index is 10.3. The summed E-state index contributed by atoms with van der Waals surface area (Å²) in [5, 5.41) is 15.8. The van der Waals surface area contributed by atoms with Crippen molar-refractivity contribution in [3.63, 3.8) is 0 Å². The van der Waals surface area contributed by atoms with E-state index in [1.165, 1.54) is 0 Å². The van der Waals surface area contributed by atoms with Crippen LogP contribution in [-0.2, 0) is 28.7 Å². The van der Waals surface area contributed by atoms with Crippen molar-refractivity contribution in [2.24, 2.45) is 5.92 Å². The molecule has 0 aromatic carbocycles. The van der Waals surface area contributed by atoms with Crippen LogP contribution in [0.25, 0.3) is 0 Å². The second-order valence-electron chi connectivity index (χ2n) is 4.17. The molecule has 0 radical (unpaired) electrons. The summed E-state index contributed by atoms with van der Waals surface area (Å²) >= 11 is 0. The van der Waals surface area contributed by atoms with Crippen LogP contribution < -0.4 is 29.6 Å². The van der Waals surface area contributed by atoms with Crippen molar-refractivity contribution in [1.82, 2.24) is 0 Å². The van der Waals surface area contributed by atoms with Gasteiger partial charge in [0.15, 0.2) is 0 Å². The third-order valence-corrected chi connectivity index (χ3v) is 3.21. The Bertz CT molecular complexity index is 308. The molecule has 0 aliphatic carbocycles. The van der Waals surface area contributed by atoms with Crippen LogP contribution in [-0.4, -0.2) is 27.9 Å². The van der Waals surface area contributed by atoms with Crippen LogP contribution in [0.5, 0.6) is 0 Å². The van der Waals surface area contributed by atoms with Gasteiger partial charge >= 0.3 is 41.5 Å². The third kappa shape index (κ3) is 23.0. The zero-order valence-corrected chi connectivity index (χ0v) is 15.3. The van der Waals surface area contributed by atoms with E-state index in [1.54, 1.807) is 0 Å². The molecule has 20 heavy (non-hydrogen) atoms. The summed E-state index contributed by atoms with van der Waals surface area (Å²) in [7, 11) is -1.85. The van der Waals surface area contributed by atoms with Gasteiger partial charge in [-0.25, -0.2) is 0 Å². The van der Waals surface area contributed by atoms with Gasteiger partial charge in [0.05, 0.1) is 12.8 Å². The number of hydrogen-bond donors (Lipinski definition) is 2. The van der Waals surface area contributed by atoms with Crippen LogP contribution >= 0.6 is 0 Å². The molecule has 0 fully saturated rings. The summed E-state index contributed by atoms with van der Waals surface area (Å²) < 4.78 is 20.7. The van der Waals surface area contributed by atoms with E-state index in [4.69, 9.17) is 10.2 Å². The van der Waals surface area contributed by atoms with Crippen LogP contribution in [0.4, 0.5) is 0 Å².